The smallest absolute Gasteiger partial charge is 0.256 e. The largest absolute Gasteiger partial charge is 0.355 e. The maximum absolute atomic E-state index is 13.8. The highest BCUT2D eigenvalue weighted by Crippen LogP contribution is 2.34. The van der Waals surface area contributed by atoms with Gasteiger partial charge in [0.1, 0.15) is 5.82 Å². The Kier molecular flexibility index (Phi) is 7.03. The number of rotatable bonds is 6. The number of likely N-dealkylation sites (N-methyl/N-ethyl adjacent to an activating group) is 1. The zero-order valence-corrected chi connectivity index (χ0v) is 22.8. The number of hydrogen-bond donors (Lipinski definition) is 2. The van der Waals surface area contributed by atoms with Crippen molar-refractivity contribution in [1.82, 2.24) is 24.8 Å². The summed E-state index contributed by atoms with van der Waals surface area (Å²) in [6.45, 7) is 4.45. The van der Waals surface area contributed by atoms with Gasteiger partial charge in [-0.3, -0.25) is 9.52 Å². The summed E-state index contributed by atoms with van der Waals surface area (Å²) in [6, 6.07) is 6.75. The maximum atomic E-state index is 13.8. The molecule has 2 aliphatic rings. The van der Waals surface area contributed by atoms with E-state index in [9.17, 15) is 13.2 Å². The summed E-state index contributed by atoms with van der Waals surface area (Å²) in [6.07, 6.45) is 6.70. The molecule has 10 nitrogen and oxygen atoms in total. The zero-order valence-electron chi connectivity index (χ0n) is 21.2. The molecule has 1 aromatic carbocycles. The van der Waals surface area contributed by atoms with Gasteiger partial charge < -0.3 is 15.1 Å². The van der Waals surface area contributed by atoms with Gasteiger partial charge in [-0.15, -0.1) is 0 Å². The van der Waals surface area contributed by atoms with E-state index in [4.69, 9.17) is 21.7 Å². The van der Waals surface area contributed by atoms with Gasteiger partial charge in [0.2, 0.25) is 10.0 Å². The third kappa shape index (κ3) is 5.39. The molecular formula is C25H32ClN7O3S. The average molecular weight is 546 g/mol. The van der Waals surface area contributed by atoms with Crippen molar-refractivity contribution in [2.45, 2.75) is 44.7 Å². The first-order chi connectivity index (χ1) is 17.6. The molecule has 2 aliphatic heterocycles. The first-order valence-corrected chi connectivity index (χ1v) is 14.8. The Balaban J connectivity index is 1.47. The van der Waals surface area contributed by atoms with Crippen LogP contribution in [0.5, 0.6) is 0 Å². The van der Waals surface area contributed by atoms with Crippen LogP contribution >= 0.6 is 11.6 Å². The molecule has 0 spiro atoms. The fraction of sp³-hybridized carbons (Fsp3) is 0.480. The topological polar surface area (TPSA) is 112 Å². The molecular weight excluding hydrogens is 514 g/mol. The second-order valence-electron chi connectivity index (χ2n) is 9.91. The second-order valence-corrected chi connectivity index (χ2v) is 12.1. The highest BCUT2D eigenvalue weighted by Gasteiger charge is 2.32. The van der Waals surface area contributed by atoms with E-state index in [1.54, 1.807) is 15.5 Å². The van der Waals surface area contributed by atoms with Crippen LogP contribution in [-0.4, -0.2) is 72.8 Å². The van der Waals surface area contributed by atoms with Crippen molar-refractivity contribution < 1.29 is 13.2 Å². The summed E-state index contributed by atoms with van der Waals surface area (Å²) in [7, 11) is -1.59. The van der Waals surface area contributed by atoms with Gasteiger partial charge in [0, 0.05) is 48.5 Å². The van der Waals surface area contributed by atoms with Crippen LogP contribution in [-0.2, 0) is 10.0 Å². The van der Waals surface area contributed by atoms with Gasteiger partial charge in [-0.25, -0.2) is 17.9 Å². The summed E-state index contributed by atoms with van der Waals surface area (Å²) < 4.78 is 28.1. The monoisotopic (exact) mass is 545 g/mol. The highest BCUT2D eigenvalue weighted by molar-refractivity contribution is 7.92. The molecule has 2 saturated heterocycles. The molecule has 37 heavy (non-hydrogen) atoms. The van der Waals surface area contributed by atoms with Crippen LogP contribution < -0.4 is 14.9 Å². The lowest BCUT2D eigenvalue weighted by molar-refractivity contribution is 0.0607. The van der Waals surface area contributed by atoms with Crippen molar-refractivity contribution in [2.24, 2.45) is 0 Å². The SMILES string of the molecule is CNC1CCN(c2nc3cc(C4CCCCN4C(=O)c4cc(Cl)ccc4NS(C)(=O)=O)nn3cc2C)C1. The maximum Gasteiger partial charge on any atom is 0.256 e. The molecule has 3 aromatic rings. The molecule has 1 amide bonds. The number of piperidine rings is 1. The van der Waals surface area contributed by atoms with Gasteiger partial charge in [0.05, 0.1) is 29.2 Å². The summed E-state index contributed by atoms with van der Waals surface area (Å²) in [5, 5.41) is 8.52. The Hall–Kier alpha value is -2.89. The number of amides is 1. The fourth-order valence-electron chi connectivity index (χ4n) is 5.31. The Morgan fingerprint density at radius 2 is 1.97 bits per heavy atom. The molecule has 4 heterocycles. The first kappa shape index (κ1) is 25.7. The number of halogens is 1. The number of sulfonamides is 1. The van der Waals surface area contributed by atoms with E-state index in [1.807, 2.05) is 26.2 Å². The molecule has 2 unspecified atom stereocenters. The molecule has 198 valence electrons. The van der Waals surface area contributed by atoms with Gasteiger partial charge in [-0.2, -0.15) is 5.10 Å². The van der Waals surface area contributed by atoms with E-state index in [1.165, 1.54) is 12.1 Å². The van der Waals surface area contributed by atoms with Crippen LogP contribution in [0.25, 0.3) is 5.65 Å². The molecule has 0 saturated carbocycles. The van der Waals surface area contributed by atoms with Crippen molar-refractivity contribution in [3.63, 3.8) is 0 Å². The van der Waals surface area contributed by atoms with Gasteiger partial charge in [0.15, 0.2) is 5.65 Å². The lowest BCUT2D eigenvalue weighted by atomic mass is 9.98. The fourth-order valence-corrected chi connectivity index (χ4v) is 6.06. The zero-order chi connectivity index (χ0) is 26.3. The van der Waals surface area contributed by atoms with Crippen LogP contribution in [0, 0.1) is 6.92 Å². The minimum absolute atomic E-state index is 0.212. The summed E-state index contributed by atoms with van der Waals surface area (Å²) in [5.41, 5.74) is 2.99. The van der Waals surface area contributed by atoms with E-state index in [2.05, 4.69) is 14.9 Å². The van der Waals surface area contributed by atoms with Gasteiger partial charge in [0.25, 0.3) is 5.91 Å². The number of aryl methyl sites for hydroxylation is 1. The first-order valence-electron chi connectivity index (χ1n) is 12.5. The van der Waals surface area contributed by atoms with Crippen molar-refractivity contribution in [3.8, 4) is 0 Å². The Bertz CT molecular complexity index is 1440. The highest BCUT2D eigenvalue weighted by atomic mass is 35.5. The Labute approximate surface area is 222 Å². The summed E-state index contributed by atoms with van der Waals surface area (Å²) in [4.78, 5) is 22.8. The number of carbonyl (C=O) groups excluding carboxylic acids is 1. The van der Waals surface area contributed by atoms with Crippen LogP contribution in [0.1, 0.15) is 53.3 Å². The summed E-state index contributed by atoms with van der Waals surface area (Å²) in [5.74, 6) is 0.680. The molecule has 0 bridgehead atoms. The number of nitrogens with one attached hydrogen (secondary N) is 2. The molecule has 5 rings (SSSR count). The van der Waals surface area contributed by atoms with E-state index >= 15 is 0 Å². The molecule has 2 atom stereocenters. The number of aromatic nitrogens is 3. The van der Waals surface area contributed by atoms with Crippen LogP contribution in [0.4, 0.5) is 11.5 Å². The van der Waals surface area contributed by atoms with Crippen molar-refractivity contribution >= 4 is 44.7 Å². The van der Waals surface area contributed by atoms with E-state index in [-0.39, 0.29) is 23.2 Å². The molecule has 0 aliphatic carbocycles. The lowest BCUT2D eigenvalue weighted by Crippen LogP contribution is -2.39. The predicted molar refractivity (Wildman–Crippen MR) is 145 cm³/mol. The molecule has 2 aromatic heterocycles. The number of hydrogen-bond acceptors (Lipinski definition) is 7. The van der Waals surface area contributed by atoms with E-state index in [0.29, 0.717) is 17.6 Å². The number of nitrogens with zero attached hydrogens (tertiary/aromatic N) is 5. The van der Waals surface area contributed by atoms with Gasteiger partial charge >= 0.3 is 0 Å². The van der Waals surface area contributed by atoms with Crippen LogP contribution in [0.15, 0.2) is 30.5 Å². The number of carbonyl (C=O) groups is 1. The quantitative estimate of drug-likeness (QED) is 0.489. The normalized spacial score (nSPS) is 20.5. The van der Waals surface area contributed by atoms with Gasteiger partial charge in [-0.05, 0) is 57.9 Å². The van der Waals surface area contributed by atoms with Crippen LogP contribution in [0.3, 0.4) is 0 Å². The van der Waals surface area contributed by atoms with Gasteiger partial charge in [-0.1, -0.05) is 11.6 Å². The molecule has 2 fully saturated rings. The van der Waals surface area contributed by atoms with E-state index < -0.39 is 10.0 Å². The third-order valence-corrected chi connectivity index (χ3v) is 7.96. The number of fused-ring (bicyclic) bond motifs is 1. The molecule has 12 heteroatoms. The summed E-state index contributed by atoms with van der Waals surface area (Å²) >= 11 is 6.20. The second kappa shape index (κ2) is 10.1. The van der Waals surface area contributed by atoms with Crippen molar-refractivity contribution in [2.75, 3.05) is 42.6 Å². The van der Waals surface area contributed by atoms with Crippen molar-refractivity contribution in [3.05, 3.63) is 52.3 Å². The lowest BCUT2D eigenvalue weighted by Gasteiger charge is -2.35. The molecule has 0 radical (unpaired) electrons. The number of benzene rings is 1. The molecule has 2 N–H and O–H groups in total. The Morgan fingerprint density at radius 1 is 1.16 bits per heavy atom. The van der Waals surface area contributed by atoms with Crippen molar-refractivity contribution in [1.29, 1.82) is 0 Å². The predicted octanol–water partition coefficient (Wildman–Crippen LogP) is 3.23. The third-order valence-electron chi connectivity index (χ3n) is 7.13. The van der Waals surface area contributed by atoms with Crippen LogP contribution in [0.2, 0.25) is 5.02 Å². The number of likely N-dealkylation sites (tertiary alicyclic amines) is 1. The van der Waals surface area contributed by atoms with E-state index in [0.717, 1.165) is 67.8 Å². The minimum Gasteiger partial charge on any atom is -0.355 e. The Morgan fingerprint density at radius 3 is 2.70 bits per heavy atom. The number of anilines is 2. The minimum atomic E-state index is -3.58. The standard InChI is InChI=1S/C25H32ClN7O3S/c1-16-14-33-23(28-24(16)31-11-9-18(15-31)27-2)13-21(29-33)22-6-4-5-10-32(22)25(34)19-12-17(26)7-8-20(19)30-37(3,35)36/h7-8,12-14,18,22,27,30H,4-6,9-11,15H2,1-3H3. The average Bonchev–Trinajstić information content (AvgIpc) is 3.50.